The Hall–Kier alpha value is -16.8. The number of fused-ring (bicyclic) bond motifs is 4. The standard InChI is InChI=1S/C28H26ClN5O4.2C27H29N5O4.C26H27N5O5/c1-4-38-23-10-8-19(15-21(23)29)34-25-20(24(31-34)26(30)35)11-13-32(28(25)37)18-7-9-22(17(3)14-18)33-12-5-6-16(2)27(33)36;1-17-16-19(8-11-21(17)26(34)30-13-4-3-5-14-30)31-15-12-22-23(25(28)33)29-32(24(22)27(31)35)18-6-9-20(36-2)10-7-18;1-3-36-20-10-7-18(8-11-20)32-25-21(24(29-32)26(28)34)13-15-30(27(25)35)19-9-12-22(17(2)16-19)31-14-5-4-6-23(31)33;1-16-15-18(5-8-20(16)25(33)29-11-13-36-14-12-29)30-10-9-21-22(24(27)32)28-31(23(21)26(30)34)17-3-6-19(35-2)7-4-17/h5-10,12,14-15H,4,11,13H2,1-3H3,(H2,30,35);6-11,16H,3-5,12-15H2,1-2H3,(H2,28,33);7-12,16H,3-6,13-15H2,1-2H3,(H2,28,34);3-8,15H,9-14H2,1-2H3,(H2,27,32). The van der Waals surface area contributed by atoms with Gasteiger partial charge in [0.05, 0.1) is 74.1 Å². The number of piperidine rings is 2. The Balaban J connectivity index is 0.000000133. The number of primary amides is 4. The van der Waals surface area contributed by atoms with Gasteiger partial charge in [0.1, 0.15) is 45.8 Å². The molecule has 0 unspecified atom stereocenters. The van der Waals surface area contributed by atoms with Gasteiger partial charge in [-0.05, 0) is 298 Å². The number of aryl methyl sites for hydroxylation is 5. The molecule has 752 valence electrons. The molecule has 146 heavy (non-hydrogen) atoms. The number of methoxy groups -OCH3 is 2. The highest BCUT2D eigenvalue weighted by atomic mass is 35.5. The van der Waals surface area contributed by atoms with E-state index in [9.17, 15) is 57.5 Å². The molecule has 3 fully saturated rings. The van der Waals surface area contributed by atoms with Crippen LogP contribution >= 0.6 is 11.6 Å². The third-order valence-electron chi connectivity index (χ3n) is 26.9. The van der Waals surface area contributed by atoms with Crippen LogP contribution in [0.25, 0.3) is 28.4 Å². The fourth-order valence-corrected chi connectivity index (χ4v) is 19.7. The van der Waals surface area contributed by atoms with Crippen LogP contribution in [0.15, 0.2) is 187 Å². The summed E-state index contributed by atoms with van der Waals surface area (Å²) < 4.78 is 34.3. The van der Waals surface area contributed by atoms with Gasteiger partial charge in [0.25, 0.3) is 64.6 Å². The number of nitrogens with zero attached hydrogens (tertiary/aromatic N) is 16. The third kappa shape index (κ3) is 20.1. The molecule has 8 aromatic carbocycles. The number of benzene rings is 8. The van der Waals surface area contributed by atoms with Crippen molar-refractivity contribution in [2.75, 3.05) is 124 Å². The van der Waals surface area contributed by atoms with Crippen LogP contribution in [-0.4, -0.2) is 218 Å². The van der Waals surface area contributed by atoms with E-state index in [0.29, 0.717) is 228 Å². The lowest BCUT2D eigenvalue weighted by atomic mass is 10.0. The third-order valence-corrected chi connectivity index (χ3v) is 27.2. The van der Waals surface area contributed by atoms with Gasteiger partial charge in [0.15, 0.2) is 22.8 Å². The molecule has 3 saturated heterocycles. The number of rotatable bonds is 22. The fourth-order valence-electron chi connectivity index (χ4n) is 19.5. The van der Waals surface area contributed by atoms with E-state index in [1.54, 1.807) is 172 Å². The van der Waals surface area contributed by atoms with Crippen molar-refractivity contribution in [3.05, 3.63) is 304 Å². The van der Waals surface area contributed by atoms with E-state index in [1.165, 1.54) is 18.7 Å². The van der Waals surface area contributed by atoms with Gasteiger partial charge in [-0.15, -0.1) is 0 Å². The second-order valence-electron chi connectivity index (χ2n) is 36.1. The number of likely N-dealkylation sites (tertiary alicyclic amines) is 1. The number of nitrogens with two attached hydrogens (primary N) is 4. The zero-order valence-electron chi connectivity index (χ0n) is 82.4. The van der Waals surface area contributed by atoms with Crippen molar-refractivity contribution in [2.24, 2.45) is 22.9 Å². The van der Waals surface area contributed by atoms with E-state index in [4.69, 9.17) is 58.2 Å². The van der Waals surface area contributed by atoms with Crippen molar-refractivity contribution >= 4 is 105 Å². The number of hydrogen-bond donors (Lipinski definition) is 4. The van der Waals surface area contributed by atoms with E-state index in [1.807, 2.05) is 112 Å². The molecular formula is C108H111ClN20O17. The molecular weight excluding hydrogens is 1880 g/mol. The number of anilines is 5. The smallest absolute Gasteiger partial charge is 0.277 e. The van der Waals surface area contributed by atoms with E-state index >= 15 is 0 Å². The van der Waals surface area contributed by atoms with Gasteiger partial charge in [-0.2, -0.15) is 20.4 Å². The lowest BCUT2D eigenvalue weighted by Gasteiger charge is -2.31. The summed E-state index contributed by atoms with van der Waals surface area (Å²) in [7, 11) is 3.14. The summed E-state index contributed by atoms with van der Waals surface area (Å²) in [5.41, 5.74) is 38.0. The lowest BCUT2D eigenvalue weighted by molar-refractivity contribution is -0.119. The van der Waals surface area contributed by atoms with Crippen LogP contribution in [0.2, 0.25) is 5.02 Å². The monoisotopic (exact) mass is 1990 g/mol. The Morgan fingerprint density at radius 3 is 1.08 bits per heavy atom. The number of halogens is 1. The molecule has 38 heteroatoms. The second kappa shape index (κ2) is 43.2. The first-order valence-corrected chi connectivity index (χ1v) is 48.7. The maximum absolute atomic E-state index is 13.9. The number of carbonyl (C=O) groups excluding carboxylic acids is 11. The van der Waals surface area contributed by atoms with Crippen molar-refractivity contribution < 1.29 is 76.4 Å². The summed E-state index contributed by atoms with van der Waals surface area (Å²) in [6.45, 7) is 20.1. The number of morpholine rings is 1. The number of pyridine rings is 1. The molecule has 5 aromatic heterocycles. The quantitative estimate of drug-likeness (QED) is 0.0489. The zero-order valence-corrected chi connectivity index (χ0v) is 83.1. The van der Waals surface area contributed by atoms with Crippen molar-refractivity contribution in [1.82, 2.24) is 53.5 Å². The molecule has 0 aliphatic carbocycles. The van der Waals surface area contributed by atoms with Crippen LogP contribution in [0.4, 0.5) is 28.4 Å². The summed E-state index contributed by atoms with van der Waals surface area (Å²) >= 11 is 6.40. The van der Waals surface area contributed by atoms with Gasteiger partial charge in [0.2, 0.25) is 5.91 Å². The Labute approximate surface area is 845 Å². The van der Waals surface area contributed by atoms with Crippen LogP contribution in [0, 0.1) is 34.6 Å². The number of ether oxygens (including phenoxy) is 5. The van der Waals surface area contributed by atoms with E-state index < -0.39 is 23.6 Å². The minimum atomic E-state index is -0.706. The Kier molecular flexibility index (Phi) is 29.8. The number of carbonyl (C=O) groups is 11. The average molecular weight is 2000 g/mol. The van der Waals surface area contributed by atoms with E-state index in [2.05, 4.69) is 20.4 Å². The normalized spacial score (nSPS) is 14.9. The zero-order chi connectivity index (χ0) is 103. The molecule has 0 radical (unpaired) electrons. The van der Waals surface area contributed by atoms with Gasteiger partial charge in [-0.25, -0.2) is 18.7 Å². The summed E-state index contributed by atoms with van der Waals surface area (Å²) in [4.78, 5) is 167. The highest BCUT2D eigenvalue weighted by Crippen LogP contribution is 2.40. The van der Waals surface area contributed by atoms with Gasteiger partial charge in [0, 0.05) is 139 Å². The van der Waals surface area contributed by atoms with Crippen LogP contribution in [0.5, 0.6) is 23.0 Å². The molecule has 13 aromatic rings. The number of amides is 11. The summed E-state index contributed by atoms with van der Waals surface area (Å²) in [5.74, 6) is -1.21. The SMILES string of the molecule is CCOc1ccc(-n2nc(C(N)=O)c3c2C(=O)N(c2ccc(-n4cccc(C)c4=O)c(C)c2)CC3)cc1Cl.CCOc1ccc(-n2nc(C(N)=O)c3c2C(=O)N(c2ccc(N4CCCCC4=O)c(C)c2)CC3)cc1.COc1ccc(-n2nc(C(N)=O)c3c2C(=O)N(c2ccc(C(=O)N4CCCCC4)c(C)c2)CC3)cc1.COc1ccc(-n2nc(C(N)=O)c3c2C(=O)N(c2ccc(C(=O)N4CCOCC4)c(C)c2)CC3)cc1. The van der Waals surface area contributed by atoms with Crippen LogP contribution in [0.3, 0.4) is 0 Å². The first-order chi connectivity index (χ1) is 70.4. The van der Waals surface area contributed by atoms with Gasteiger partial charge in [-0.1, -0.05) is 17.7 Å². The molecule has 7 aliphatic heterocycles. The number of aromatic nitrogens is 9. The topological polar surface area (TPSA) is 454 Å². The van der Waals surface area contributed by atoms with E-state index in [0.717, 1.165) is 84.5 Å². The highest BCUT2D eigenvalue weighted by molar-refractivity contribution is 6.32. The Morgan fingerprint density at radius 1 is 0.356 bits per heavy atom. The molecule has 7 aliphatic rings. The molecule has 11 amide bonds. The minimum absolute atomic E-state index is 0.0367. The van der Waals surface area contributed by atoms with Gasteiger partial charge >= 0.3 is 0 Å². The van der Waals surface area contributed by atoms with Crippen molar-refractivity contribution in [3.8, 4) is 51.4 Å². The first kappa shape index (κ1) is 101. The molecule has 20 rings (SSSR count). The molecule has 8 N–H and O–H groups in total. The second-order valence-corrected chi connectivity index (χ2v) is 36.5. The van der Waals surface area contributed by atoms with Crippen LogP contribution in [-0.2, 0) is 35.2 Å². The van der Waals surface area contributed by atoms with Crippen LogP contribution in [0.1, 0.15) is 207 Å². The molecule has 0 saturated carbocycles. The van der Waals surface area contributed by atoms with E-state index in [-0.39, 0.29) is 75.4 Å². The predicted octanol–water partition coefficient (Wildman–Crippen LogP) is 12.5. The van der Waals surface area contributed by atoms with Crippen molar-refractivity contribution in [3.63, 3.8) is 0 Å². The molecule has 0 bridgehead atoms. The lowest BCUT2D eigenvalue weighted by Crippen LogP contribution is -2.41. The minimum Gasteiger partial charge on any atom is -0.497 e. The average Bonchev–Trinajstić information content (AvgIpc) is 1.60. The first-order valence-electron chi connectivity index (χ1n) is 48.3. The summed E-state index contributed by atoms with van der Waals surface area (Å²) in [5, 5.41) is 18.0. The maximum Gasteiger partial charge on any atom is 0.277 e. The Morgan fingerprint density at radius 2 is 0.712 bits per heavy atom. The highest BCUT2D eigenvalue weighted by Gasteiger charge is 2.41. The molecule has 12 heterocycles. The predicted molar refractivity (Wildman–Crippen MR) is 548 cm³/mol. The van der Waals surface area contributed by atoms with Crippen molar-refractivity contribution in [1.29, 1.82) is 0 Å². The Bertz CT molecular complexity index is 7210. The van der Waals surface area contributed by atoms with Gasteiger partial charge in [-0.3, -0.25) is 62.1 Å². The van der Waals surface area contributed by atoms with Crippen LogP contribution < -0.4 is 71.9 Å². The summed E-state index contributed by atoms with van der Waals surface area (Å²) in [6.07, 6.45) is 9.10. The molecule has 37 nitrogen and oxygen atoms in total. The summed E-state index contributed by atoms with van der Waals surface area (Å²) in [6, 6.07) is 52.1. The molecule has 0 spiro atoms. The molecule has 0 atom stereocenters. The fraction of sp³-hybridized carbons (Fsp3) is 0.296. The maximum atomic E-state index is 13.9. The number of hydrogen-bond acceptors (Lipinski definition) is 21. The van der Waals surface area contributed by atoms with Crippen molar-refractivity contribution in [2.45, 2.75) is 113 Å². The van der Waals surface area contributed by atoms with Gasteiger partial charge < -0.3 is 80.9 Å². The largest absolute Gasteiger partial charge is 0.497 e.